The van der Waals surface area contributed by atoms with Crippen LogP contribution in [-0.2, 0) is 15.6 Å². The van der Waals surface area contributed by atoms with E-state index in [1.807, 2.05) is 0 Å². The molecule has 0 spiro atoms. The van der Waals surface area contributed by atoms with Crippen LogP contribution in [0.25, 0.3) is 0 Å². The summed E-state index contributed by atoms with van der Waals surface area (Å²) in [5.41, 5.74) is 0. The summed E-state index contributed by atoms with van der Waals surface area (Å²) in [4.78, 5) is 22.0. The number of aliphatic hydroxyl groups is 1. The molecule has 8 heteroatoms. The molecule has 0 radical (unpaired) electrons. The predicted molar refractivity (Wildman–Crippen MR) is 63.2 cm³/mol. The van der Waals surface area contributed by atoms with E-state index in [1.165, 1.54) is 13.2 Å². The second kappa shape index (κ2) is 7.23. The fourth-order valence-electron chi connectivity index (χ4n) is 0.935. The third-order valence-electron chi connectivity index (χ3n) is 2.15. The Balaban J connectivity index is 4.16. The fraction of sp³-hybridized carbons (Fsp3) is 0.778. The quantitative estimate of drug-likeness (QED) is 0.486. The van der Waals surface area contributed by atoms with Crippen LogP contribution >= 0.6 is 0 Å². The van der Waals surface area contributed by atoms with Gasteiger partial charge in [0.15, 0.2) is 6.04 Å². The van der Waals surface area contributed by atoms with Gasteiger partial charge < -0.3 is 20.8 Å². The van der Waals surface area contributed by atoms with Crippen LogP contribution < -0.4 is 10.6 Å². The number of aliphatic carboxylic acids is 1. The molecule has 0 saturated heterocycles. The first-order chi connectivity index (χ1) is 7.75. The maximum atomic E-state index is 11.3. The van der Waals surface area contributed by atoms with Crippen LogP contribution in [0.1, 0.15) is 13.8 Å². The Bertz CT molecular complexity index is 308. The van der Waals surface area contributed by atoms with E-state index in [-0.39, 0.29) is 11.8 Å². The van der Waals surface area contributed by atoms with E-state index >= 15 is 0 Å². The number of hydrogen-bond donors (Lipinski definition) is 4. The van der Waals surface area contributed by atoms with Crippen LogP contribution in [0.5, 0.6) is 0 Å². The largest absolute Gasteiger partial charge is 0.480 e. The number of carboxylic acid groups (broad SMARTS) is 1. The molecule has 0 aliphatic carbocycles. The van der Waals surface area contributed by atoms with Gasteiger partial charge in [-0.1, -0.05) is 0 Å². The minimum absolute atomic E-state index is 0.168. The van der Waals surface area contributed by atoms with Crippen molar-refractivity contribution in [3.05, 3.63) is 0 Å². The number of carbonyl (C=O) groups excluding carboxylic acids is 1. The van der Waals surface area contributed by atoms with Crippen LogP contribution in [-0.4, -0.2) is 56.6 Å². The molecule has 0 aliphatic rings. The molecule has 17 heavy (non-hydrogen) atoms. The highest BCUT2D eigenvalue weighted by atomic mass is 32.2. The molecule has 2 amide bonds. The zero-order chi connectivity index (χ0) is 13.6. The standard InChI is InChI=1S/C9H18N2O5S/c1-5(17(3)16)4-10-9(15)11-7(6(2)12)8(13)14/h5-7,12H,4H2,1-3H3,(H,13,14)(H2,10,11,15)/t5?,6-,7+,17?/m1/s1. The van der Waals surface area contributed by atoms with E-state index < -0.39 is 34.9 Å². The summed E-state index contributed by atoms with van der Waals surface area (Å²) in [6.45, 7) is 3.13. The zero-order valence-electron chi connectivity index (χ0n) is 9.97. The first-order valence-electron chi connectivity index (χ1n) is 5.03. The Hall–Kier alpha value is -1.15. The molecule has 7 nitrogen and oxygen atoms in total. The molecule has 0 saturated carbocycles. The number of carbonyl (C=O) groups is 2. The maximum absolute atomic E-state index is 11.3. The van der Waals surface area contributed by atoms with Crippen LogP contribution in [0, 0.1) is 0 Å². The van der Waals surface area contributed by atoms with Crippen molar-refractivity contribution < 1.29 is 24.0 Å². The molecule has 0 aromatic heterocycles. The molecular weight excluding hydrogens is 248 g/mol. The highest BCUT2D eigenvalue weighted by molar-refractivity contribution is 7.84. The van der Waals surface area contributed by atoms with Crippen molar-refractivity contribution in [1.82, 2.24) is 10.6 Å². The van der Waals surface area contributed by atoms with Crippen LogP contribution in [0.4, 0.5) is 4.79 Å². The number of aliphatic hydroxyl groups excluding tert-OH is 1. The topological polar surface area (TPSA) is 116 Å². The van der Waals surface area contributed by atoms with Gasteiger partial charge in [-0.25, -0.2) is 9.59 Å². The van der Waals surface area contributed by atoms with E-state index in [4.69, 9.17) is 10.2 Å². The van der Waals surface area contributed by atoms with E-state index in [0.29, 0.717) is 0 Å². The Morgan fingerprint density at radius 2 is 1.88 bits per heavy atom. The van der Waals surface area contributed by atoms with Gasteiger partial charge >= 0.3 is 12.0 Å². The molecule has 0 bridgehead atoms. The normalized spacial score (nSPS) is 17.6. The third kappa shape index (κ3) is 6.22. The smallest absolute Gasteiger partial charge is 0.328 e. The minimum atomic E-state index is -1.36. The second-order valence-corrected chi connectivity index (χ2v) is 5.52. The Morgan fingerprint density at radius 3 is 2.24 bits per heavy atom. The van der Waals surface area contributed by atoms with Crippen molar-refractivity contribution in [2.24, 2.45) is 0 Å². The summed E-state index contributed by atoms with van der Waals surface area (Å²) in [6, 6.07) is -2.08. The third-order valence-corrected chi connectivity index (χ3v) is 3.45. The molecule has 0 heterocycles. The first-order valence-corrected chi connectivity index (χ1v) is 6.65. The number of amides is 2. The Morgan fingerprint density at radius 1 is 1.35 bits per heavy atom. The molecule has 0 rings (SSSR count). The number of carboxylic acids is 1. The van der Waals surface area contributed by atoms with Gasteiger partial charge in [-0.3, -0.25) is 4.21 Å². The van der Waals surface area contributed by atoms with Crippen LogP contribution in [0.2, 0.25) is 0 Å². The summed E-state index contributed by atoms with van der Waals surface area (Å²) in [5.74, 6) is -1.32. The van der Waals surface area contributed by atoms with E-state index in [0.717, 1.165) is 0 Å². The lowest BCUT2D eigenvalue weighted by molar-refractivity contribution is -0.141. The van der Waals surface area contributed by atoms with Crippen molar-refractivity contribution in [3.63, 3.8) is 0 Å². The summed E-state index contributed by atoms with van der Waals surface area (Å²) < 4.78 is 11.0. The fourth-order valence-corrected chi connectivity index (χ4v) is 1.25. The lowest BCUT2D eigenvalue weighted by Crippen LogP contribution is -2.52. The highest BCUT2D eigenvalue weighted by Gasteiger charge is 2.24. The molecule has 0 aliphatic heterocycles. The van der Waals surface area contributed by atoms with Crippen molar-refractivity contribution in [2.45, 2.75) is 31.2 Å². The zero-order valence-corrected chi connectivity index (χ0v) is 10.8. The molecule has 100 valence electrons. The molecule has 4 atom stereocenters. The molecule has 4 N–H and O–H groups in total. The molecule has 0 aromatic carbocycles. The molecule has 2 unspecified atom stereocenters. The highest BCUT2D eigenvalue weighted by Crippen LogP contribution is 1.93. The number of hydrogen-bond acceptors (Lipinski definition) is 4. The second-order valence-electron chi connectivity index (χ2n) is 3.72. The number of rotatable bonds is 6. The van der Waals surface area contributed by atoms with Gasteiger partial charge in [0.05, 0.1) is 6.10 Å². The van der Waals surface area contributed by atoms with Crippen molar-refractivity contribution in [3.8, 4) is 0 Å². The van der Waals surface area contributed by atoms with Crippen LogP contribution in [0.15, 0.2) is 0 Å². The minimum Gasteiger partial charge on any atom is -0.480 e. The SMILES string of the molecule is CC(CNC(=O)N[C@H](C(=O)O)[C@@H](C)O)S(C)=O. The lowest BCUT2D eigenvalue weighted by atomic mass is 10.2. The number of urea groups is 1. The lowest BCUT2D eigenvalue weighted by Gasteiger charge is -2.18. The van der Waals surface area contributed by atoms with Crippen molar-refractivity contribution in [2.75, 3.05) is 12.8 Å². The van der Waals surface area contributed by atoms with Gasteiger partial charge in [0.1, 0.15) is 0 Å². The molecular formula is C9H18N2O5S. The predicted octanol–water partition coefficient (Wildman–Crippen LogP) is -1.11. The van der Waals surface area contributed by atoms with E-state index in [1.54, 1.807) is 6.92 Å². The summed E-state index contributed by atoms with van der Waals surface area (Å²) in [7, 11) is -1.07. The van der Waals surface area contributed by atoms with Crippen molar-refractivity contribution in [1.29, 1.82) is 0 Å². The molecule has 0 fully saturated rings. The van der Waals surface area contributed by atoms with E-state index in [2.05, 4.69) is 10.6 Å². The first kappa shape index (κ1) is 15.9. The summed E-state index contributed by atoms with van der Waals surface area (Å²) in [5, 5.41) is 22.1. The van der Waals surface area contributed by atoms with Gasteiger partial charge in [-0.2, -0.15) is 0 Å². The van der Waals surface area contributed by atoms with Crippen LogP contribution in [0.3, 0.4) is 0 Å². The van der Waals surface area contributed by atoms with Gasteiger partial charge in [0, 0.05) is 28.9 Å². The number of nitrogens with one attached hydrogen (secondary N) is 2. The van der Waals surface area contributed by atoms with Gasteiger partial charge in [-0.15, -0.1) is 0 Å². The summed E-state index contributed by atoms with van der Waals surface area (Å²) >= 11 is 0. The maximum Gasteiger partial charge on any atom is 0.328 e. The Kier molecular flexibility index (Phi) is 6.74. The van der Waals surface area contributed by atoms with E-state index in [9.17, 15) is 13.8 Å². The van der Waals surface area contributed by atoms with Gasteiger partial charge in [-0.05, 0) is 13.8 Å². The average molecular weight is 266 g/mol. The molecule has 0 aromatic rings. The monoisotopic (exact) mass is 266 g/mol. The van der Waals surface area contributed by atoms with Gasteiger partial charge in [0.25, 0.3) is 0 Å². The average Bonchev–Trinajstić information content (AvgIpc) is 2.21. The summed E-state index contributed by atoms with van der Waals surface area (Å²) in [6.07, 6.45) is 0.316. The van der Waals surface area contributed by atoms with Gasteiger partial charge in [0.2, 0.25) is 0 Å². The van der Waals surface area contributed by atoms with Crippen molar-refractivity contribution >= 4 is 22.8 Å². The Labute approximate surface area is 102 Å².